The van der Waals surface area contributed by atoms with Gasteiger partial charge >= 0.3 is 0 Å². The summed E-state index contributed by atoms with van der Waals surface area (Å²) in [6.45, 7) is 2.44. The number of rotatable bonds is 4. The van der Waals surface area contributed by atoms with Gasteiger partial charge in [0.1, 0.15) is 12.1 Å². The van der Waals surface area contributed by atoms with E-state index in [4.69, 9.17) is 4.74 Å². The minimum absolute atomic E-state index is 0.536. The van der Waals surface area contributed by atoms with Crippen molar-refractivity contribution in [3.8, 4) is 5.88 Å². The van der Waals surface area contributed by atoms with Gasteiger partial charge in [0.15, 0.2) is 0 Å². The Bertz CT molecular complexity index is 389. The maximum absolute atomic E-state index is 10.2. The first-order valence-corrected chi connectivity index (χ1v) is 5.96. The Morgan fingerprint density at radius 3 is 2.76 bits per heavy atom. The lowest BCUT2D eigenvalue weighted by Crippen LogP contribution is -2.33. The molecule has 1 saturated carbocycles. The van der Waals surface area contributed by atoms with Crippen LogP contribution in [0.2, 0.25) is 0 Å². The van der Waals surface area contributed by atoms with Crippen molar-refractivity contribution < 1.29 is 9.84 Å². The van der Waals surface area contributed by atoms with Crippen molar-refractivity contribution >= 4 is 5.82 Å². The summed E-state index contributed by atoms with van der Waals surface area (Å²) in [5, 5.41) is 13.4. The summed E-state index contributed by atoms with van der Waals surface area (Å²) in [5.41, 5.74) is 0.293. The fourth-order valence-corrected chi connectivity index (χ4v) is 2.28. The van der Waals surface area contributed by atoms with E-state index in [9.17, 15) is 5.11 Å². The van der Waals surface area contributed by atoms with Gasteiger partial charge in [-0.1, -0.05) is 12.8 Å². The van der Waals surface area contributed by atoms with Crippen LogP contribution in [-0.4, -0.2) is 34.3 Å². The fourth-order valence-electron chi connectivity index (χ4n) is 2.28. The van der Waals surface area contributed by atoms with Gasteiger partial charge in [0, 0.05) is 6.54 Å². The van der Waals surface area contributed by atoms with E-state index >= 15 is 0 Å². The predicted octanol–water partition coefficient (Wildman–Crippen LogP) is 1.51. The second kappa shape index (κ2) is 4.87. The molecule has 0 aliphatic heterocycles. The van der Waals surface area contributed by atoms with Crippen LogP contribution in [0.4, 0.5) is 5.82 Å². The van der Waals surface area contributed by atoms with Gasteiger partial charge in [0.25, 0.3) is 0 Å². The third-order valence-corrected chi connectivity index (χ3v) is 3.35. The molecular weight excluding hydrogens is 218 g/mol. The van der Waals surface area contributed by atoms with Crippen LogP contribution in [0.15, 0.2) is 6.33 Å². The van der Waals surface area contributed by atoms with Crippen LogP contribution in [0.1, 0.15) is 31.2 Å². The summed E-state index contributed by atoms with van der Waals surface area (Å²) in [4.78, 5) is 8.18. The number of aromatic nitrogens is 2. The van der Waals surface area contributed by atoms with Crippen molar-refractivity contribution in [2.24, 2.45) is 0 Å². The number of hydrogen-bond acceptors (Lipinski definition) is 5. The Balaban J connectivity index is 2.03. The molecule has 1 aromatic rings. The highest BCUT2D eigenvalue weighted by Crippen LogP contribution is 2.30. The maximum atomic E-state index is 10.2. The summed E-state index contributed by atoms with van der Waals surface area (Å²) < 4.78 is 5.13. The van der Waals surface area contributed by atoms with Crippen molar-refractivity contribution in [2.45, 2.75) is 38.2 Å². The Labute approximate surface area is 101 Å². The molecule has 1 aromatic heterocycles. The van der Waals surface area contributed by atoms with E-state index in [-0.39, 0.29) is 0 Å². The highest BCUT2D eigenvalue weighted by Gasteiger charge is 2.30. The second-order valence-electron chi connectivity index (χ2n) is 4.64. The normalized spacial score (nSPS) is 18.1. The van der Waals surface area contributed by atoms with E-state index < -0.39 is 5.60 Å². The first kappa shape index (κ1) is 12.1. The molecule has 0 spiro atoms. The summed E-state index contributed by atoms with van der Waals surface area (Å²) in [6, 6.07) is 0. The lowest BCUT2D eigenvalue weighted by atomic mass is 10.0. The quantitative estimate of drug-likeness (QED) is 0.831. The molecule has 2 N–H and O–H groups in total. The minimum Gasteiger partial charge on any atom is -0.481 e. The lowest BCUT2D eigenvalue weighted by Gasteiger charge is -2.23. The molecule has 1 aliphatic carbocycles. The average molecular weight is 237 g/mol. The smallest absolute Gasteiger partial charge is 0.221 e. The SMILES string of the molecule is COc1ncnc(NCC2(O)CCCC2)c1C. The molecule has 2 rings (SSSR count). The van der Waals surface area contributed by atoms with E-state index in [0.717, 1.165) is 37.1 Å². The third-order valence-electron chi connectivity index (χ3n) is 3.35. The zero-order valence-electron chi connectivity index (χ0n) is 10.4. The molecule has 1 fully saturated rings. The molecule has 0 radical (unpaired) electrons. The molecule has 0 aromatic carbocycles. The van der Waals surface area contributed by atoms with Crippen LogP contribution in [-0.2, 0) is 0 Å². The highest BCUT2D eigenvalue weighted by atomic mass is 16.5. The van der Waals surface area contributed by atoms with Gasteiger partial charge in [-0.3, -0.25) is 0 Å². The lowest BCUT2D eigenvalue weighted by molar-refractivity contribution is 0.0613. The van der Waals surface area contributed by atoms with Gasteiger partial charge in [0.05, 0.1) is 18.3 Å². The van der Waals surface area contributed by atoms with Crippen LogP contribution in [0, 0.1) is 6.92 Å². The summed E-state index contributed by atoms with van der Waals surface area (Å²) in [7, 11) is 1.59. The van der Waals surface area contributed by atoms with E-state index in [0.29, 0.717) is 12.4 Å². The van der Waals surface area contributed by atoms with Gasteiger partial charge in [-0.15, -0.1) is 0 Å². The Morgan fingerprint density at radius 1 is 1.41 bits per heavy atom. The molecule has 5 heteroatoms. The maximum Gasteiger partial charge on any atom is 0.221 e. The Hall–Kier alpha value is -1.36. The zero-order chi connectivity index (χ0) is 12.3. The number of hydrogen-bond donors (Lipinski definition) is 2. The van der Waals surface area contributed by atoms with Crippen LogP contribution in [0.25, 0.3) is 0 Å². The van der Waals surface area contributed by atoms with Crippen molar-refractivity contribution in [1.29, 1.82) is 0 Å². The zero-order valence-corrected chi connectivity index (χ0v) is 10.4. The predicted molar refractivity (Wildman–Crippen MR) is 65.2 cm³/mol. The molecule has 0 saturated heterocycles. The number of nitrogens with one attached hydrogen (secondary N) is 1. The van der Waals surface area contributed by atoms with Gasteiger partial charge in [0.2, 0.25) is 5.88 Å². The van der Waals surface area contributed by atoms with Gasteiger partial charge in [-0.25, -0.2) is 9.97 Å². The molecule has 5 nitrogen and oxygen atoms in total. The van der Waals surface area contributed by atoms with E-state index in [1.54, 1.807) is 7.11 Å². The molecule has 17 heavy (non-hydrogen) atoms. The highest BCUT2D eigenvalue weighted by molar-refractivity contribution is 5.47. The number of ether oxygens (including phenoxy) is 1. The van der Waals surface area contributed by atoms with E-state index in [2.05, 4.69) is 15.3 Å². The van der Waals surface area contributed by atoms with E-state index in [1.807, 2.05) is 6.92 Å². The van der Waals surface area contributed by atoms with Crippen molar-refractivity contribution in [3.05, 3.63) is 11.9 Å². The third kappa shape index (κ3) is 2.66. The monoisotopic (exact) mass is 237 g/mol. The first-order valence-electron chi connectivity index (χ1n) is 5.96. The molecule has 0 bridgehead atoms. The fraction of sp³-hybridized carbons (Fsp3) is 0.667. The van der Waals surface area contributed by atoms with Crippen LogP contribution >= 0.6 is 0 Å². The van der Waals surface area contributed by atoms with E-state index in [1.165, 1.54) is 6.33 Å². The molecular formula is C12H19N3O2. The topological polar surface area (TPSA) is 67.3 Å². The van der Waals surface area contributed by atoms with Crippen molar-refractivity contribution in [2.75, 3.05) is 19.0 Å². The molecule has 0 unspecified atom stereocenters. The van der Waals surface area contributed by atoms with Crippen LogP contribution < -0.4 is 10.1 Å². The van der Waals surface area contributed by atoms with Crippen molar-refractivity contribution in [1.82, 2.24) is 9.97 Å². The first-order chi connectivity index (χ1) is 8.14. The standard InChI is InChI=1S/C12H19N3O2/c1-9-10(14-8-15-11(9)17-2)13-7-12(16)5-3-4-6-12/h8,16H,3-7H2,1-2H3,(H,13,14,15). The molecule has 0 atom stereocenters. The molecule has 0 amide bonds. The number of nitrogens with zero attached hydrogens (tertiary/aromatic N) is 2. The van der Waals surface area contributed by atoms with Crippen LogP contribution in [0.5, 0.6) is 5.88 Å². The minimum atomic E-state index is -0.579. The van der Waals surface area contributed by atoms with Gasteiger partial charge < -0.3 is 15.2 Å². The largest absolute Gasteiger partial charge is 0.481 e. The number of aliphatic hydroxyl groups is 1. The average Bonchev–Trinajstić information content (AvgIpc) is 2.75. The molecule has 1 heterocycles. The van der Waals surface area contributed by atoms with Gasteiger partial charge in [-0.2, -0.15) is 0 Å². The second-order valence-corrected chi connectivity index (χ2v) is 4.64. The summed E-state index contributed by atoms with van der Waals surface area (Å²) in [6.07, 6.45) is 5.39. The van der Waals surface area contributed by atoms with Crippen LogP contribution in [0.3, 0.4) is 0 Å². The number of anilines is 1. The molecule has 94 valence electrons. The Morgan fingerprint density at radius 2 is 2.12 bits per heavy atom. The summed E-state index contributed by atoms with van der Waals surface area (Å²) >= 11 is 0. The molecule has 1 aliphatic rings. The summed E-state index contributed by atoms with van der Waals surface area (Å²) in [5.74, 6) is 1.30. The van der Waals surface area contributed by atoms with Crippen molar-refractivity contribution in [3.63, 3.8) is 0 Å². The van der Waals surface area contributed by atoms with Gasteiger partial charge in [-0.05, 0) is 19.8 Å². The Kier molecular flexibility index (Phi) is 3.47. The number of methoxy groups -OCH3 is 1.